The number of aliphatic hydroxyl groups excluding tert-OH is 2. The molecule has 0 aliphatic carbocycles. The molecule has 0 unspecified atom stereocenters. The van der Waals surface area contributed by atoms with Crippen molar-refractivity contribution in [3.05, 3.63) is 0 Å². The molecular weight excluding hydrogens is 897 g/mol. The summed E-state index contributed by atoms with van der Waals surface area (Å²) in [6, 6.07) is 0. The number of aliphatic imine (C=N–C) groups is 2. The number of rotatable bonds is 38. The lowest BCUT2D eigenvalue weighted by atomic mass is 11.1. The molecule has 27 heteroatoms. The monoisotopic (exact) mass is 938 g/mol. The second kappa shape index (κ2) is 46.0. The molecule has 4 N–H and O–H groups in total. The highest BCUT2D eigenvalue weighted by atomic mass is 32.2. The third-order valence-electron chi connectivity index (χ3n) is 3.67. The number of hydrogen-bond donors (Lipinski definition) is 4. The molecule has 49 heavy (non-hydrogen) atoms. The van der Waals surface area contributed by atoms with Crippen molar-refractivity contribution in [1.82, 2.24) is 10.6 Å². The molecule has 0 bridgehead atoms. The summed E-state index contributed by atoms with van der Waals surface area (Å²) in [5, 5.41) is 29.2. The van der Waals surface area contributed by atoms with Gasteiger partial charge < -0.3 is 40.1 Å². The van der Waals surface area contributed by atoms with E-state index in [9.17, 15) is 9.59 Å². The van der Waals surface area contributed by atoms with E-state index in [1.165, 1.54) is 71.6 Å². The van der Waals surface area contributed by atoms with E-state index in [1.54, 1.807) is 94.1 Å². The van der Waals surface area contributed by atoms with E-state index in [2.05, 4.69) is 20.6 Å². The first-order valence-electron chi connectivity index (χ1n) is 13.3. The first-order valence-corrected chi connectivity index (χ1v) is 28.3. The van der Waals surface area contributed by atoms with Crippen molar-refractivity contribution in [1.29, 1.82) is 0 Å². The van der Waals surface area contributed by atoms with Crippen molar-refractivity contribution >= 4 is 178 Å². The van der Waals surface area contributed by atoms with Crippen molar-refractivity contribution < 1.29 is 48.8 Å². The molecule has 14 nitrogen and oxygen atoms in total. The average Bonchev–Trinajstić information content (AvgIpc) is 3.10. The molecule has 0 atom stereocenters. The van der Waals surface area contributed by atoms with Gasteiger partial charge in [-0.2, -0.15) is 9.78 Å². The highest BCUT2D eigenvalue weighted by Gasteiger charge is 2.03. The lowest BCUT2D eigenvalue weighted by Gasteiger charge is -2.06. The summed E-state index contributed by atoms with van der Waals surface area (Å²) in [6.45, 7) is 0. The number of amides is 2. The van der Waals surface area contributed by atoms with Gasteiger partial charge in [0, 0.05) is 40.7 Å². The van der Waals surface area contributed by atoms with Crippen molar-refractivity contribution in [3.8, 4) is 0 Å². The molecule has 2 amide bonds. The zero-order chi connectivity index (χ0) is 35.6. The molecule has 0 aromatic rings. The topological polar surface area (TPSA) is 179 Å². The summed E-state index contributed by atoms with van der Waals surface area (Å²) in [5.74, 6) is 3.60. The van der Waals surface area contributed by atoms with E-state index < -0.39 is 12.2 Å². The Morgan fingerprint density at radius 3 is 1.29 bits per heavy atom. The van der Waals surface area contributed by atoms with Gasteiger partial charge in [-0.25, -0.2) is 19.6 Å². The van der Waals surface area contributed by atoms with Gasteiger partial charge in [0.2, 0.25) is 12.8 Å². The Bertz CT molecular complexity index is 795. The van der Waals surface area contributed by atoms with E-state index in [4.69, 9.17) is 39.2 Å². The predicted molar refractivity (Wildman–Crippen MR) is 231 cm³/mol. The van der Waals surface area contributed by atoms with Gasteiger partial charge in [0.15, 0.2) is 0 Å². The molecule has 0 fully saturated rings. The van der Waals surface area contributed by atoms with Crippen LogP contribution in [0.25, 0.3) is 0 Å². The lowest BCUT2D eigenvalue weighted by Crippen LogP contribution is -2.23. The van der Waals surface area contributed by atoms with Crippen LogP contribution in [0.1, 0.15) is 0 Å². The smallest absolute Gasteiger partial charge is 0.408 e. The summed E-state index contributed by atoms with van der Waals surface area (Å²) in [7, 11) is 0. The average molecular weight is 939 g/mol. The number of ether oxygens (including phenoxy) is 2. The summed E-state index contributed by atoms with van der Waals surface area (Å²) in [5.41, 5.74) is 0. The minimum absolute atomic E-state index is 0.0636. The molecule has 0 heterocycles. The second-order valence-corrected chi connectivity index (χ2v) is 22.5. The number of nitrogens with one attached hydrogen (secondary N) is 2. The van der Waals surface area contributed by atoms with Crippen LogP contribution in [-0.2, 0) is 29.0 Å². The van der Waals surface area contributed by atoms with Crippen molar-refractivity contribution in [3.63, 3.8) is 0 Å². The third kappa shape index (κ3) is 46.0. The van der Waals surface area contributed by atoms with Crippen LogP contribution in [0.4, 0.5) is 9.59 Å². The van der Waals surface area contributed by atoms with Crippen LogP contribution in [0.3, 0.4) is 0 Å². The summed E-state index contributed by atoms with van der Waals surface area (Å²) < 4.78 is 10.1. The second-order valence-electron chi connectivity index (χ2n) is 7.09. The molecule has 0 aromatic heterocycles. The number of hydrogen-bond acceptors (Lipinski definition) is 25. The number of thioether (sulfide) groups is 13. The molecule has 0 spiro atoms. The predicted octanol–water partition coefficient (Wildman–Crippen LogP) is 7.14. The normalized spacial score (nSPS) is 11.3. The molecule has 288 valence electrons. The molecule has 0 saturated heterocycles. The minimum atomic E-state index is -0.437. The van der Waals surface area contributed by atoms with Crippen LogP contribution in [0.2, 0.25) is 0 Å². The van der Waals surface area contributed by atoms with Crippen LogP contribution in [-0.4, -0.2) is 135 Å². The van der Waals surface area contributed by atoms with Crippen LogP contribution in [0, 0.1) is 0 Å². The largest absolute Gasteiger partial charge is 0.438 e. The van der Waals surface area contributed by atoms with Gasteiger partial charge in [0.25, 0.3) is 0 Å². The quantitative estimate of drug-likeness (QED) is 0.0122. The standard InChI is InChI=1S/C22H42N4O10S13/c27-7-41-17-43-9-31-21(29)25-5-39-15-47-14-38-4-24-2-34-36-12-46-20-49-19-44-10-32-22(30)26-6-40-16-48-13-37-3-23-1-33-35-11-45-18-42-8-28/h1-2,27-28H,3-20H2,(H,25,29)(H,26,30)/b23-1-,24-2+. The fraction of sp³-hybridized carbons (Fsp3) is 0.818. The highest BCUT2D eigenvalue weighted by molar-refractivity contribution is 8.23. The molecule has 0 saturated carbocycles. The zero-order valence-corrected chi connectivity index (χ0v) is 36.9. The maximum atomic E-state index is 11.7. The van der Waals surface area contributed by atoms with Crippen LogP contribution < -0.4 is 10.6 Å². The summed E-state index contributed by atoms with van der Waals surface area (Å²) in [4.78, 5) is 51.1. The molecular formula is C22H42N4O10S13. The summed E-state index contributed by atoms with van der Waals surface area (Å²) in [6.07, 6.45) is 1.72. The van der Waals surface area contributed by atoms with Crippen LogP contribution in [0.5, 0.6) is 0 Å². The molecule has 0 radical (unpaired) electrons. The zero-order valence-electron chi connectivity index (χ0n) is 26.2. The van der Waals surface area contributed by atoms with E-state index >= 15 is 0 Å². The number of nitrogens with zero attached hydrogens (tertiary/aromatic N) is 2. The van der Waals surface area contributed by atoms with Crippen LogP contribution >= 0.6 is 153 Å². The fourth-order valence-corrected chi connectivity index (χ4v) is 12.6. The maximum absolute atomic E-state index is 11.7. The number of carbonyl (C=O) groups excluding carboxylic acids is 2. The van der Waals surface area contributed by atoms with E-state index in [1.807, 2.05) is 0 Å². The Morgan fingerprint density at radius 1 is 0.490 bits per heavy atom. The fourth-order valence-electron chi connectivity index (χ4n) is 1.87. The number of aliphatic hydroxyl groups is 2. The van der Waals surface area contributed by atoms with Crippen LogP contribution in [0.15, 0.2) is 9.98 Å². The summed E-state index contributed by atoms with van der Waals surface area (Å²) >= 11 is 20.5. The Labute approximate surface area is 343 Å². The first kappa shape index (κ1) is 50.9. The highest BCUT2D eigenvalue weighted by Crippen LogP contribution is 2.20. The van der Waals surface area contributed by atoms with E-state index in [0.29, 0.717) is 46.4 Å². The van der Waals surface area contributed by atoms with Gasteiger partial charge in [0.1, 0.15) is 23.8 Å². The Morgan fingerprint density at radius 2 is 0.857 bits per heavy atom. The van der Waals surface area contributed by atoms with Crippen molar-refractivity contribution in [2.24, 2.45) is 9.98 Å². The van der Waals surface area contributed by atoms with Gasteiger partial charge in [-0.05, 0) is 0 Å². The number of carbonyl (C=O) groups is 2. The van der Waals surface area contributed by atoms with Crippen molar-refractivity contribution in [2.45, 2.75) is 0 Å². The molecule has 0 aliphatic rings. The molecule has 0 aliphatic heterocycles. The van der Waals surface area contributed by atoms with Gasteiger partial charge in [-0.3, -0.25) is 0 Å². The lowest BCUT2D eigenvalue weighted by molar-refractivity contribution is -0.196. The Kier molecular flexibility index (Phi) is 47.8. The van der Waals surface area contributed by atoms with Gasteiger partial charge in [0.05, 0.1) is 35.4 Å². The first-order chi connectivity index (χ1) is 24.2. The minimum Gasteiger partial charge on any atom is -0.438 e. The van der Waals surface area contributed by atoms with E-state index in [0.717, 1.165) is 35.6 Å². The van der Waals surface area contributed by atoms with Gasteiger partial charge in [-0.1, -0.05) is 0 Å². The third-order valence-corrected chi connectivity index (χ3v) is 17.2. The van der Waals surface area contributed by atoms with Gasteiger partial charge >= 0.3 is 12.2 Å². The van der Waals surface area contributed by atoms with E-state index in [-0.39, 0.29) is 17.8 Å². The SMILES string of the molecule is O=C(NCSCSCSC/N=C/OOCSCSCSCOC(=O)NCSCSCSC/N=C\OOCSCSCO)OCSCSCO. The Balaban J connectivity index is 3.26. The molecule has 0 rings (SSSR count). The number of alkyl carbamates (subject to hydrolysis) is 2. The van der Waals surface area contributed by atoms with Crippen molar-refractivity contribution in [2.75, 3.05) is 99.8 Å². The Hall–Kier alpha value is 1.87. The molecule has 0 aromatic carbocycles. The maximum Gasteiger partial charge on any atom is 0.408 e. The van der Waals surface area contributed by atoms with Gasteiger partial charge in [-0.15, -0.1) is 153 Å².